The van der Waals surface area contributed by atoms with Gasteiger partial charge in [0.1, 0.15) is 22.0 Å². The van der Waals surface area contributed by atoms with Gasteiger partial charge in [-0.1, -0.05) is 36.4 Å². The van der Waals surface area contributed by atoms with Crippen LogP contribution in [0.5, 0.6) is 5.75 Å². The molecule has 158 valence electrons. The molecule has 0 saturated heterocycles. The zero-order valence-corrected chi connectivity index (χ0v) is 20.2. The van der Waals surface area contributed by atoms with Crippen molar-refractivity contribution in [2.45, 2.75) is 4.90 Å². The fraction of sp³-hybridized carbons (Fsp3) is 0.0455. The number of benzene rings is 3. The number of ether oxygens (including phenoxy) is 1. The molecule has 0 aliphatic rings. The number of rotatable bonds is 5. The quantitative estimate of drug-likeness (QED) is 0.204. The summed E-state index contributed by atoms with van der Waals surface area (Å²) in [4.78, 5) is 4.11. The van der Waals surface area contributed by atoms with E-state index in [0.29, 0.717) is 16.5 Å². The van der Waals surface area contributed by atoms with E-state index in [9.17, 15) is 13.0 Å². The SMILES string of the molecule is COc1cccc(-c2ccc(N=Nc3cc(S(=O)(=O)O)c4ccccc4c3N)cn2)c1.[H-].[Na+]. The zero-order chi connectivity index (χ0) is 22.0. The first kappa shape index (κ1) is 23.8. The molecule has 0 saturated carbocycles. The average Bonchev–Trinajstić information content (AvgIpc) is 2.78. The van der Waals surface area contributed by atoms with Gasteiger partial charge in [-0.2, -0.15) is 8.42 Å². The molecule has 0 radical (unpaired) electrons. The second-order valence-corrected chi connectivity index (χ2v) is 8.05. The third kappa shape index (κ3) is 4.98. The number of fused-ring (bicyclic) bond motifs is 1. The van der Waals surface area contributed by atoms with Gasteiger partial charge in [-0.25, -0.2) is 0 Å². The van der Waals surface area contributed by atoms with Gasteiger partial charge in [0.2, 0.25) is 0 Å². The molecule has 0 unspecified atom stereocenters. The van der Waals surface area contributed by atoms with Crippen LogP contribution < -0.4 is 40.0 Å². The molecule has 4 rings (SSSR count). The first-order valence-electron chi connectivity index (χ1n) is 9.18. The number of nitrogens with zero attached hydrogens (tertiary/aromatic N) is 3. The molecule has 0 fully saturated rings. The van der Waals surface area contributed by atoms with Crippen LogP contribution in [0.2, 0.25) is 0 Å². The number of methoxy groups -OCH3 is 1. The number of azo groups is 1. The Morgan fingerprint density at radius 2 is 1.75 bits per heavy atom. The van der Waals surface area contributed by atoms with Crippen LogP contribution in [0.3, 0.4) is 0 Å². The number of hydrogen-bond donors (Lipinski definition) is 2. The molecular weight excluding hydrogens is 439 g/mol. The Hall–Kier alpha value is -2.82. The Balaban J connectivity index is 0.00000193. The molecule has 4 aromatic rings. The van der Waals surface area contributed by atoms with Crippen molar-refractivity contribution >= 4 is 38.0 Å². The summed E-state index contributed by atoms with van der Waals surface area (Å²) in [5.41, 5.74) is 8.62. The number of nitrogens with two attached hydrogens (primary N) is 1. The first-order valence-corrected chi connectivity index (χ1v) is 10.6. The second-order valence-electron chi connectivity index (χ2n) is 6.66. The fourth-order valence-electron chi connectivity index (χ4n) is 3.16. The molecule has 10 heteroatoms. The van der Waals surface area contributed by atoms with Crippen molar-refractivity contribution in [1.29, 1.82) is 0 Å². The van der Waals surface area contributed by atoms with Crippen molar-refractivity contribution in [2.24, 2.45) is 10.2 Å². The van der Waals surface area contributed by atoms with Gasteiger partial charge in [0, 0.05) is 16.3 Å². The molecule has 0 spiro atoms. The fourth-order valence-corrected chi connectivity index (χ4v) is 3.87. The zero-order valence-electron chi connectivity index (χ0n) is 18.4. The van der Waals surface area contributed by atoms with Crippen molar-refractivity contribution in [3.05, 3.63) is 72.9 Å². The largest absolute Gasteiger partial charge is 1.00 e. The summed E-state index contributed by atoms with van der Waals surface area (Å²) < 4.78 is 38.5. The molecular formula is C22H19N4NaO4S. The number of hydrogen-bond acceptors (Lipinski definition) is 7. The van der Waals surface area contributed by atoms with E-state index in [0.717, 1.165) is 17.0 Å². The third-order valence-corrected chi connectivity index (χ3v) is 5.58. The predicted molar refractivity (Wildman–Crippen MR) is 120 cm³/mol. The van der Waals surface area contributed by atoms with Crippen LogP contribution in [0, 0.1) is 0 Å². The molecule has 32 heavy (non-hydrogen) atoms. The predicted octanol–water partition coefficient (Wildman–Crippen LogP) is 2.27. The summed E-state index contributed by atoms with van der Waals surface area (Å²) in [6.07, 6.45) is 1.54. The molecule has 0 aliphatic heterocycles. The van der Waals surface area contributed by atoms with Crippen LogP contribution in [0.15, 0.2) is 88.1 Å². The van der Waals surface area contributed by atoms with Gasteiger partial charge in [0.15, 0.2) is 0 Å². The van der Waals surface area contributed by atoms with Gasteiger partial charge in [-0.15, -0.1) is 10.2 Å². The van der Waals surface area contributed by atoms with Gasteiger partial charge in [0.05, 0.1) is 24.7 Å². The van der Waals surface area contributed by atoms with Gasteiger partial charge >= 0.3 is 29.6 Å². The minimum absolute atomic E-state index is 0. The molecule has 0 amide bonds. The van der Waals surface area contributed by atoms with Crippen molar-refractivity contribution in [1.82, 2.24) is 4.98 Å². The molecule has 3 aromatic carbocycles. The van der Waals surface area contributed by atoms with Crippen LogP contribution in [-0.2, 0) is 10.1 Å². The normalized spacial score (nSPS) is 11.4. The summed E-state index contributed by atoms with van der Waals surface area (Å²) in [6.45, 7) is 0. The number of nitrogen functional groups attached to an aromatic ring is 1. The maximum absolute atomic E-state index is 11.8. The summed E-state index contributed by atoms with van der Waals surface area (Å²) >= 11 is 0. The Morgan fingerprint density at radius 3 is 2.41 bits per heavy atom. The summed E-state index contributed by atoms with van der Waals surface area (Å²) in [5.74, 6) is 0.726. The van der Waals surface area contributed by atoms with E-state index in [2.05, 4.69) is 15.2 Å². The van der Waals surface area contributed by atoms with E-state index in [1.807, 2.05) is 24.3 Å². The molecule has 1 heterocycles. The van der Waals surface area contributed by atoms with Crippen molar-refractivity contribution < 1.29 is 48.7 Å². The minimum atomic E-state index is -4.47. The Kier molecular flexibility index (Phi) is 7.27. The summed E-state index contributed by atoms with van der Waals surface area (Å²) in [6, 6.07) is 18.8. The summed E-state index contributed by atoms with van der Waals surface area (Å²) in [5, 5.41) is 8.98. The van der Waals surface area contributed by atoms with Gasteiger partial charge < -0.3 is 11.9 Å². The van der Waals surface area contributed by atoms with E-state index in [1.54, 1.807) is 49.7 Å². The van der Waals surface area contributed by atoms with Crippen LogP contribution in [0.1, 0.15) is 1.43 Å². The van der Waals surface area contributed by atoms with Gasteiger partial charge in [-0.05, 0) is 30.3 Å². The van der Waals surface area contributed by atoms with E-state index in [1.165, 1.54) is 6.07 Å². The number of pyridine rings is 1. The molecule has 0 atom stereocenters. The van der Waals surface area contributed by atoms with E-state index in [-0.39, 0.29) is 47.3 Å². The van der Waals surface area contributed by atoms with Crippen molar-refractivity contribution in [3.8, 4) is 17.0 Å². The van der Waals surface area contributed by atoms with E-state index in [4.69, 9.17) is 10.5 Å². The third-order valence-electron chi connectivity index (χ3n) is 4.69. The molecule has 0 aliphatic carbocycles. The van der Waals surface area contributed by atoms with Crippen molar-refractivity contribution in [3.63, 3.8) is 0 Å². The van der Waals surface area contributed by atoms with Gasteiger partial charge in [-0.3, -0.25) is 9.54 Å². The molecule has 0 bridgehead atoms. The maximum Gasteiger partial charge on any atom is 1.00 e. The Labute approximate surface area is 208 Å². The smallest absolute Gasteiger partial charge is 1.00 e. The van der Waals surface area contributed by atoms with Gasteiger partial charge in [0.25, 0.3) is 10.1 Å². The van der Waals surface area contributed by atoms with Crippen LogP contribution in [0.4, 0.5) is 17.1 Å². The maximum atomic E-state index is 11.8. The van der Waals surface area contributed by atoms with Crippen LogP contribution in [0.25, 0.3) is 22.0 Å². The standard InChI is InChI=1S/C22H18N4O4S.Na.H/c1-30-16-6-4-5-14(11-16)19-10-9-15(13-24-19)25-26-20-12-21(31(27,28)29)17-7-2-3-8-18(17)22(20)23;;/h2-13H,23H2,1H3,(H,27,28,29);;/q;+1;-1. The molecule has 8 nitrogen and oxygen atoms in total. The monoisotopic (exact) mass is 458 g/mol. The van der Waals surface area contributed by atoms with E-state index >= 15 is 0 Å². The minimum Gasteiger partial charge on any atom is -1.00 e. The van der Waals surface area contributed by atoms with Crippen LogP contribution in [-0.4, -0.2) is 25.1 Å². The molecule has 3 N–H and O–H groups in total. The average molecular weight is 458 g/mol. The topological polar surface area (TPSA) is 127 Å². The second kappa shape index (κ2) is 9.76. The first-order chi connectivity index (χ1) is 14.9. The van der Waals surface area contributed by atoms with E-state index < -0.39 is 10.1 Å². The van der Waals surface area contributed by atoms with Crippen molar-refractivity contribution in [2.75, 3.05) is 12.8 Å². The molecule has 1 aromatic heterocycles. The number of aromatic nitrogens is 1. The Bertz CT molecular complexity index is 1410. The summed E-state index contributed by atoms with van der Waals surface area (Å²) in [7, 11) is -2.87. The Morgan fingerprint density at radius 1 is 1.00 bits per heavy atom. The number of anilines is 1. The van der Waals surface area contributed by atoms with Crippen LogP contribution >= 0.6 is 0 Å².